The molecule has 0 saturated carbocycles. The summed E-state index contributed by atoms with van der Waals surface area (Å²) in [7, 11) is -3.78. The number of benzene rings is 1. The summed E-state index contributed by atoms with van der Waals surface area (Å²) in [6.07, 6.45) is 6.57. The van der Waals surface area contributed by atoms with Crippen molar-refractivity contribution >= 4 is 15.7 Å². The van der Waals surface area contributed by atoms with Gasteiger partial charge in [0.1, 0.15) is 0 Å². The molecule has 0 atom stereocenters. The van der Waals surface area contributed by atoms with Crippen molar-refractivity contribution in [1.29, 1.82) is 0 Å². The van der Waals surface area contributed by atoms with Crippen molar-refractivity contribution in [2.24, 2.45) is 0 Å². The molecule has 6 nitrogen and oxygen atoms in total. The van der Waals surface area contributed by atoms with Crippen LogP contribution >= 0.6 is 0 Å². The van der Waals surface area contributed by atoms with Crippen LogP contribution in [0.1, 0.15) is 58.8 Å². The van der Waals surface area contributed by atoms with Gasteiger partial charge in [0.15, 0.2) is 0 Å². The molecule has 0 saturated heterocycles. The summed E-state index contributed by atoms with van der Waals surface area (Å²) in [6, 6.07) is 7.68. The van der Waals surface area contributed by atoms with Gasteiger partial charge in [-0.15, -0.1) is 0 Å². The molecule has 0 fully saturated rings. The Morgan fingerprint density at radius 3 is 2.24 bits per heavy atom. The number of nitro benzene ring substituents is 1. The van der Waals surface area contributed by atoms with Gasteiger partial charge in [0.2, 0.25) is 0 Å². The van der Waals surface area contributed by atoms with Crippen LogP contribution in [-0.2, 0) is 10.0 Å². The van der Waals surface area contributed by atoms with Crippen molar-refractivity contribution in [2.75, 3.05) is 6.54 Å². The van der Waals surface area contributed by atoms with Gasteiger partial charge in [-0.1, -0.05) is 45.5 Å². The Hall–Kier alpha value is -2.07. The molecule has 0 aliphatic heterocycles. The molecule has 0 heterocycles. The third-order valence-electron chi connectivity index (χ3n) is 3.71. The first-order chi connectivity index (χ1) is 11.9. The quantitative estimate of drug-likeness (QED) is 0.203. The molecule has 0 unspecified atom stereocenters. The summed E-state index contributed by atoms with van der Waals surface area (Å²) in [5, 5.41) is 10.7. The summed E-state index contributed by atoms with van der Waals surface area (Å²) >= 11 is 0. The highest BCUT2D eigenvalue weighted by molar-refractivity contribution is 7.89. The lowest BCUT2D eigenvalue weighted by Gasteiger charge is -2.17. The summed E-state index contributed by atoms with van der Waals surface area (Å²) in [5.41, 5.74) is -0.138. The Kier molecular flexibility index (Phi) is 9.00. The van der Waals surface area contributed by atoms with Crippen LogP contribution in [0.15, 0.2) is 29.2 Å². The molecule has 0 N–H and O–H groups in total. The summed E-state index contributed by atoms with van der Waals surface area (Å²) < 4.78 is 26.6. The highest BCUT2D eigenvalue weighted by atomic mass is 32.2. The average molecular weight is 366 g/mol. The third kappa shape index (κ3) is 6.75. The number of hydrogen-bond acceptors (Lipinski definition) is 4. The number of unbranched alkanes of at least 4 members (excludes halogenated alkanes) is 5. The molecule has 1 aromatic carbocycles. The fourth-order valence-corrected chi connectivity index (χ4v) is 3.48. The summed E-state index contributed by atoms with van der Waals surface area (Å²) in [6.45, 7) is 4.43. The van der Waals surface area contributed by atoms with E-state index in [0.29, 0.717) is 19.4 Å². The van der Waals surface area contributed by atoms with Crippen LogP contribution in [0.5, 0.6) is 0 Å². The van der Waals surface area contributed by atoms with Gasteiger partial charge in [0.05, 0.1) is 9.82 Å². The Morgan fingerprint density at radius 2 is 1.68 bits per heavy atom. The minimum Gasteiger partial charge on any atom is -0.258 e. The van der Waals surface area contributed by atoms with E-state index in [1.165, 1.54) is 24.3 Å². The summed E-state index contributed by atoms with van der Waals surface area (Å²) in [4.78, 5) is 10.2. The van der Waals surface area contributed by atoms with Gasteiger partial charge in [0.25, 0.3) is 15.7 Å². The molecule has 0 aliphatic carbocycles. The molecule has 0 bridgehead atoms. The zero-order valence-corrected chi connectivity index (χ0v) is 15.7. The van der Waals surface area contributed by atoms with E-state index in [-0.39, 0.29) is 10.6 Å². The number of non-ortho nitro benzene ring substituents is 1. The van der Waals surface area contributed by atoms with Crippen molar-refractivity contribution in [3.8, 4) is 12.0 Å². The maximum Gasteiger partial charge on any atom is 0.270 e. The molecule has 25 heavy (non-hydrogen) atoms. The predicted molar refractivity (Wildman–Crippen MR) is 98.4 cm³/mol. The van der Waals surface area contributed by atoms with Crippen molar-refractivity contribution in [1.82, 2.24) is 4.31 Å². The van der Waals surface area contributed by atoms with E-state index >= 15 is 0 Å². The van der Waals surface area contributed by atoms with E-state index in [9.17, 15) is 18.5 Å². The maximum atomic E-state index is 12.7. The van der Waals surface area contributed by atoms with Crippen LogP contribution in [0.4, 0.5) is 5.69 Å². The van der Waals surface area contributed by atoms with Crippen LogP contribution in [0.3, 0.4) is 0 Å². The van der Waals surface area contributed by atoms with E-state index in [4.69, 9.17) is 0 Å². The van der Waals surface area contributed by atoms with Crippen LogP contribution in [-0.4, -0.2) is 24.2 Å². The highest BCUT2D eigenvalue weighted by Gasteiger charge is 2.22. The van der Waals surface area contributed by atoms with E-state index in [1.807, 2.05) is 6.92 Å². The second-order valence-corrected chi connectivity index (χ2v) is 7.64. The number of nitro groups is 1. The van der Waals surface area contributed by atoms with Gasteiger partial charge >= 0.3 is 0 Å². The second-order valence-electron chi connectivity index (χ2n) is 5.78. The van der Waals surface area contributed by atoms with Gasteiger partial charge < -0.3 is 0 Å². The standard InChI is InChI=1S/C18H26N2O4S/c1-3-5-7-8-9-10-16-19(15-6-4-2)25(23,24)18-13-11-17(12-14-18)20(21)22/h11-14H,3-9,15H2,1-2H3. The molecule has 138 valence electrons. The molecular formula is C18H26N2O4S. The molecule has 0 spiro atoms. The first-order valence-corrected chi connectivity index (χ1v) is 10.1. The molecule has 1 aromatic rings. The maximum absolute atomic E-state index is 12.7. The van der Waals surface area contributed by atoms with E-state index < -0.39 is 14.9 Å². The van der Waals surface area contributed by atoms with Gasteiger partial charge in [-0.2, -0.15) is 0 Å². The van der Waals surface area contributed by atoms with Crippen molar-refractivity contribution < 1.29 is 13.3 Å². The van der Waals surface area contributed by atoms with Crippen molar-refractivity contribution in [2.45, 2.75) is 63.7 Å². The largest absolute Gasteiger partial charge is 0.270 e. The van der Waals surface area contributed by atoms with Crippen LogP contribution in [0.2, 0.25) is 0 Å². The first-order valence-electron chi connectivity index (χ1n) is 8.69. The first kappa shape index (κ1) is 21.0. The minimum atomic E-state index is -3.78. The molecule has 0 aromatic heterocycles. The Labute approximate surface area is 150 Å². The van der Waals surface area contributed by atoms with Gasteiger partial charge in [0, 0.05) is 31.1 Å². The number of hydrogen-bond donors (Lipinski definition) is 0. The smallest absolute Gasteiger partial charge is 0.258 e. The topological polar surface area (TPSA) is 80.5 Å². The molecule has 1 rings (SSSR count). The van der Waals surface area contributed by atoms with E-state index in [2.05, 4.69) is 18.9 Å². The van der Waals surface area contributed by atoms with Crippen LogP contribution < -0.4 is 0 Å². The summed E-state index contributed by atoms with van der Waals surface area (Å²) in [5.74, 6) is 2.95. The zero-order chi connectivity index (χ0) is 18.7. The van der Waals surface area contributed by atoms with Gasteiger partial charge in [-0.3, -0.25) is 10.1 Å². The lowest BCUT2D eigenvalue weighted by atomic mass is 10.2. The number of nitrogens with zero attached hydrogens (tertiary/aromatic N) is 2. The fourth-order valence-electron chi connectivity index (χ4n) is 2.19. The zero-order valence-electron chi connectivity index (χ0n) is 14.9. The fraction of sp³-hybridized carbons (Fsp3) is 0.556. The predicted octanol–water partition coefficient (Wildman–Crippen LogP) is 4.32. The van der Waals surface area contributed by atoms with Crippen molar-refractivity contribution in [3.05, 3.63) is 34.4 Å². The monoisotopic (exact) mass is 366 g/mol. The Bertz CT molecular complexity index is 703. The number of rotatable bonds is 10. The molecular weight excluding hydrogens is 340 g/mol. The van der Waals surface area contributed by atoms with Crippen LogP contribution in [0.25, 0.3) is 0 Å². The van der Waals surface area contributed by atoms with Gasteiger partial charge in [-0.25, -0.2) is 12.7 Å². The van der Waals surface area contributed by atoms with Crippen molar-refractivity contribution in [3.63, 3.8) is 0 Å². The minimum absolute atomic E-state index is 0.0227. The second kappa shape index (κ2) is 10.7. The average Bonchev–Trinajstić information content (AvgIpc) is 2.60. The Morgan fingerprint density at radius 1 is 1.04 bits per heavy atom. The van der Waals surface area contributed by atoms with E-state index in [0.717, 1.165) is 36.4 Å². The third-order valence-corrected chi connectivity index (χ3v) is 5.43. The highest BCUT2D eigenvalue weighted by Crippen LogP contribution is 2.19. The lowest BCUT2D eigenvalue weighted by molar-refractivity contribution is -0.384. The Balaban J connectivity index is 2.91. The lowest BCUT2D eigenvalue weighted by Crippen LogP contribution is -2.27. The van der Waals surface area contributed by atoms with E-state index in [1.54, 1.807) is 0 Å². The molecule has 0 aliphatic rings. The normalized spacial score (nSPS) is 10.8. The SMILES string of the molecule is CCCCCCC#CN(CCCC)S(=O)(=O)c1ccc([N+](=O)[O-])cc1. The molecule has 7 heteroatoms. The van der Waals surface area contributed by atoms with Gasteiger partial charge in [-0.05, 0) is 25.0 Å². The molecule has 0 radical (unpaired) electrons. The molecule has 0 amide bonds. The number of sulfonamides is 1. The van der Waals surface area contributed by atoms with Crippen LogP contribution in [0, 0.1) is 22.1 Å².